The van der Waals surface area contributed by atoms with E-state index in [1.54, 1.807) is 12.1 Å². The van der Waals surface area contributed by atoms with E-state index in [-0.39, 0.29) is 35.1 Å². The summed E-state index contributed by atoms with van der Waals surface area (Å²) < 4.78 is 10.8. The van der Waals surface area contributed by atoms with Gasteiger partial charge in [0.25, 0.3) is 0 Å². The molecule has 2 aliphatic carbocycles. The minimum absolute atomic E-state index is 0.0719. The maximum atomic E-state index is 11.5. The Morgan fingerprint density at radius 3 is 2.59 bits per heavy atom. The second kappa shape index (κ2) is 6.25. The van der Waals surface area contributed by atoms with Crippen LogP contribution in [0.25, 0.3) is 10.8 Å². The first-order valence-electron chi connectivity index (χ1n) is 9.43. The lowest BCUT2D eigenvalue weighted by molar-refractivity contribution is -0.152. The molecule has 0 radical (unpaired) electrons. The summed E-state index contributed by atoms with van der Waals surface area (Å²) >= 11 is 0. The molecule has 0 saturated heterocycles. The molecule has 0 aromatic heterocycles. The molecule has 0 amide bonds. The number of carbonyl (C=O) groups is 2. The van der Waals surface area contributed by atoms with Crippen molar-refractivity contribution in [3.63, 3.8) is 0 Å². The van der Waals surface area contributed by atoms with Crippen LogP contribution in [-0.2, 0) is 20.7 Å². The van der Waals surface area contributed by atoms with Crippen molar-refractivity contribution in [2.45, 2.75) is 58.5 Å². The van der Waals surface area contributed by atoms with Crippen LogP contribution in [0.15, 0.2) is 24.3 Å². The van der Waals surface area contributed by atoms with Crippen molar-refractivity contribution < 1.29 is 24.2 Å². The average molecular weight is 368 g/mol. The largest absolute Gasteiger partial charge is 0.507 e. The highest BCUT2D eigenvalue weighted by Gasteiger charge is 2.51. The summed E-state index contributed by atoms with van der Waals surface area (Å²) in [6.07, 6.45) is 3.53. The van der Waals surface area contributed by atoms with Crippen molar-refractivity contribution in [2.24, 2.45) is 5.41 Å². The van der Waals surface area contributed by atoms with E-state index in [0.717, 1.165) is 36.6 Å². The zero-order valence-electron chi connectivity index (χ0n) is 15.9. The number of rotatable bonds is 2. The third-order valence-electron chi connectivity index (χ3n) is 6.34. The highest BCUT2D eigenvalue weighted by Crippen LogP contribution is 2.58. The standard InChI is InChI=1S/C22H24O5/c1-12(23)26-14-4-5-15-16-8-9-22(3)19(6-7-21(22)27-13(2)24)17(16)11-20(25)18(15)10-14/h4-5,10-11,19,21,25H,6-9H2,1-3H3/t19?,21-,22?/m0/s1. The van der Waals surface area contributed by atoms with Crippen molar-refractivity contribution in [1.29, 1.82) is 0 Å². The van der Waals surface area contributed by atoms with Crippen LogP contribution in [0.1, 0.15) is 57.1 Å². The predicted octanol–water partition coefficient (Wildman–Crippen LogP) is 4.23. The topological polar surface area (TPSA) is 72.8 Å². The lowest BCUT2D eigenvalue weighted by Crippen LogP contribution is -2.37. The molecule has 2 aromatic carbocycles. The molecule has 2 aliphatic rings. The van der Waals surface area contributed by atoms with Gasteiger partial charge in [-0.3, -0.25) is 9.59 Å². The second-order valence-electron chi connectivity index (χ2n) is 8.00. The van der Waals surface area contributed by atoms with Gasteiger partial charge in [-0.25, -0.2) is 0 Å². The Labute approximate surface area is 158 Å². The van der Waals surface area contributed by atoms with Crippen molar-refractivity contribution in [3.05, 3.63) is 35.4 Å². The van der Waals surface area contributed by atoms with E-state index in [9.17, 15) is 14.7 Å². The molecular weight excluding hydrogens is 344 g/mol. The summed E-state index contributed by atoms with van der Waals surface area (Å²) in [4.78, 5) is 22.7. The van der Waals surface area contributed by atoms with Crippen LogP contribution < -0.4 is 4.74 Å². The van der Waals surface area contributed by atoms with Crippen LogP contribution in [0.4, 0.5) is 0 Å². The van der Waals surface area contributed by atoms with E-state index < -0.39 is 0 Å². The number of carbonyl (C=O) groups excluding carboxylic acids is 2. The van der Waals surface area contributed by atoms with E-state index in [4.69, 9.17) is 9.47 Å². The monoisotopic (exact) mass is 368 g/mol. The molecular formula is C22H24O5. The summed E-state index contributed by atoms with van der Waals surface area (Å²) in [6.45, 7) is 5.02. The third-order valence-corrected chi connectivity index (χ3v) is 6.34. The first kappa shape index (κ1) is 17.8. The SMILES string of the molecule is CC(=O)Oc1ccc2c3c(cc(O)c2c1)C1CC[C@H](OC(C)=O)C1(C)CC3. The quantitative estimate of drug-likeness (QED) is 0.634. The molecule has 0 aliphatic heterocycles. The van der Waals surface area contributed by atoms with Gasteiger partial charge in [0.05, 0.1) is 0 Å². The van der Waals surface area contributed by atoms with Gasteiger partial charge in [-0.1, -0.05) is 13.0 Å². The average Bonchev–Trinajstić information content (AvgIpc) is 2.91. The molecule has 1 fully saturated rings. The van der Waals surface area contributed by atoms with Crippen molar-refractivity contribution in [3.8, 4) is 11.5 Å². The van der Waals surface area contributed by atoms with E-state index in [1.807, 2.05) is 12.1 Å². The third kappa shape index (κ3) is 2.85. The maximum Gasteiger partial charge on any atom is 0.308 e. The number of phenols is 1. The van der Waals surface area contributed by atoms with Crippen molar-refractivity contribution >= 4 is 22.7 Å². The predicted molar refractivity (Wildman–Crippen MR) is 101 cm³/mol. The first-order valence-corrected chi connectivity index (χ1v) is 9.43. The Bertz CT molecular complexity index is 947. The molecule has 1 N–H and O–H groups in total. The number of ether oxygens (including phenoxy) is 2. The smallest absolute Gasteiger partial charge is 0.308 e. The number of aryl methyl sites for hydroxylation is 1. The van der Waals surface area contributed by atoms with Gasteiger partial charge < -0.3 is 14.6 Å². The molecule has 0 bridgehead atoms. The fourth-order valence-electron chi connectivity index (χ4n) is 5.12. The number of hydrogen-bond acceptors (Lipinski definition) is 5. The van der Waals surface area contributed by atoms with E-state index in [1.165, 1.54) is 19.4 Å². The highest BCUT2D eigenvalue weighted by molar-refractivity contribution is 5.93. The van der Waals surface area contributed by atoms with Crippen molar-refractivity contribution in [2.75, 3.05) is 0 Å². The lowest BCUT2D eigenvalue weighted by atomic mass is 9.65. The Kier molecular flexibility index (Phi) is 4.13. The number of aromatic hydroxyl groups is 1. The highest BCUT2D eigenvalue weighted by atomic mass is 16.5. The zero-order chi connectivity index (χ0) is 19.3. The Morgan fingerprint density at radius 2 is 1.89 bits per heavy atom. The van der Waals surface area contributed by atoms with E-state index >= 15 is 0 Å². The van der Waals surface area contributed by atoms with Crippen molar-refractivity contribution in [1.82, 2.24) is 0 Å². The van der Waals surface area contributed by atoms with Gasteiger partial charge in [0.15, 0.2) is 0 Å². The van der Waals surface area contributed by atoms with Gasteiger partial charge in [0, 0.05) is 24.6 Å². The van der Waals surface area contributed by atoms with Gasteiger partial charge in [-0.15, -0.1) is 0 Å². The molecule has 3 atom stereocenters. The summed E-state index contributed by atoms with van der Waals surface area (Å²) in [5, 5.41) is 12.4. The van der Waals surface area contributed by atoms with Crippen LogP contribution in [0.3, 0.4) is 0 Å². The van der Waals surface area contributed by atoms with Crippen LogP contribution in [0.5, 0.6) is 11.5 Å². The van der Waals surface area contributed by atoms with Gasteiger partial charge in [-0.05, 0) is 66.3 Å². The Balaban J connectivity index is 1.79. The summed E-state index contributed by atoms with van der Waals surface area (Å²) in [5.74, 6) is 0.269. The Morgan fingerprint density at radius 1 is 1.11 bits per heavy atom. The van der Waals surface area contributed by atoms with Crippen LogP contribution >= 0.6 is 0 Å². The fourth-order valence-corrected chi connectivity index (χ4v) is 5.12. The number of esters is 2. The maximum absolute atomic E-state index is 11.5. The van der Waals surface area contributed by atoms with Gasteiger partial charge in [-0.2, -0.15) is 0 Å². The molecule has 1 saturated carbocycles. The molecule has 4 rings (SSSR count). The summed E-state index contributed by atoms with van der Waals surface area (Å²) in [6, 6.07) is 7.27. The van der Waals surface area contributed by atoms with Crippen LogP contribution in [0, 0.1) is 5.41 Å². The zero-order valence-corrected chi connectivity index (χ0v) is 15.9. The fraction of sp³-hybridized carbons (Fsp3) is 0.455. The van der Waals surface area contributed by atoms with Crippen LogP contribution in [-0.4, -0.2) is 23.1 Å². The number of fused-ring (bicyclic) bond motifs is 5. The summed E-state index contributed by atoms with van der Waals surface area (Å²) in [7, 11) is 0. The molecule has 0 heterocycles. The number of hydrogen-bond donors (Lipinski definition) is 1. The Hall–Kier alpha value is -2.56. The molecule has 2 aromatic rings. The number of benzene rings is 2. The molecule has 5 nitrogen and oxygen atoms in total. The van der Waals surface area contributed by atoms with Gasteiger partial charge in [0.1, 0.15) is 17.6 Å². The molecule has 0 spiro atoms. The number of phenolic OH excluding ortho intramolecular Hbond substituents is 1. The normalized spacial score (nSPS) is 26.3. The van der Waals surface area contributed by atoms with Gasteiger partial charge >= 0.3 is 11.9 Å². The minimum atomic E-state index is -0.384. The first-order chi connectivity index (χ1) is 12.8. The van der Waals surface area contributed by atoms with Gasteiger partial charge in [0.2, 0.25) is 0 Å². The molecule has 5 heteroatoms. The van der Waals surface area contributed by atoms with E-state index in [0.29, 0.717) is 11.1 Å². The molecule has 142 valence electrons. The minimum Gasteiger partial charge on any atom is -0.507 e. The van der Waals surface area contributed by atoms with E-state index in [2.05, 4.69) is 6.92 Å². The molecule has 2 unspecified atom stereocenters. The van der Waals surface area contributed by atoms with Crippen LogP contribution in [0.2, 0.25) is 0 Å². The second-order valence-corrected chi connectivity index (χ2v) is 8.00. The summed E-state index contributed by atoms with van der Waals surface area (Å²) in [5.41, 5.74) is 2.29. The molecule has 27 heavy (non-hydrogen) atoms. The lowest BCUT2D eigenvalue weighted by Gasteiger charge is -2.41.